The van der Waals surface area contributed by atoms with Crippen molar-refractivity contribution >= 4 is 11.6 Å². The van der Waals surface area contributed by atoms with Crippen LogP contribution in [0, 0.1) is 0 Å². The van der Waals surface area contributed by atoms with Gasteiger partial charge in [-0.25, -0.2) is 8.78 Å². The molecule has 0 aliphatic carbocycles. The van der Waals surface area contributed by atoms with Gasteiger partial charge >= 0.3 is 0 Å². The van der Waals surface area contributed by atoms with Crippen molar-refractivity contribution in [3.05, 3.63) is 0 Å². The number of halogens is 3. The Hall–Kier alpha value is 0.110. The third kappa shape index (κ3) is 2.76. The minimum absolute atomic E-state index is 0.405. The van der Waals surface area contributed by atoms with E-state index < -0.39 is 18.4 Å². The van der Waals surface area contributed by atoms with Crippen molar-refractivity contribution in [2.75, 3.05) is 5.88 Å². The standard InChI is InChI=1S/C3H5ClF2O/c4-1-2(7)3(5)6/h2-3,7H,1H2/t2-/m1/s1. The molecule has 1 atom stereocenters. The Morgan fingerprint density at radius 2 is 2.00 bits per heavy atom. The van der Waals surface area contributed by atoms with Crippen LogP contribution < -0.4 is 0 Å². The van der Waals surface area contributed by atoms with E-state index in [2.05, 4.69) is 0 Å². The number of hydrogen-bond acceptors (Lipinski definition) is 1. The lowest BCUT2D eigenvalue weighted by molar-refractivity contribution is 0.00930. The van der Waals surface area contributed by atoms with Crippen molar-refractivity contribution in [3.8, 4) is 0 Å². The zero-order chi connectivity index (χ0) is 5.86. The lowest BCUT2D eigenvalue weighted by atomic mass is 10.4. The Bertz CT molecular complexity index is 50.2. The second-order valence-electron chi connectivity index (χ2n) is 1.06. The minimum atomic E-state index is -2.71. The summed E-state index contributed by atoms with van der Waals surface area (Å²) >= 11 is 4.82. The smallest absolute Gasteiger partial charge is 0.265 e. The van der Waals surface area contributed by atoms with Crippen LogP contribution in [0.1, 0.15) is 0 Å². The maximum Gasteiger partial charge on any atom is 0.265 e. The van der Waals surface area contributed by atoms with Gasteiger partial charge in [0.25, 0.3) is 6.43 Å². The van der Waals surface area contributed by atoms with Crippen molar-refractivity contribution in [1.82, 2.24) is 0 Å². The molecule has 0 aromatic rings. The molecule has 0 aromatic carbocycles. The fourth-order valence-corrected chi connectivity index (χ4v) is 0.202. The monoisotopic (exact) mass is 130 g/mol. The first kappa shape index (κ1) is 7.11. The highest BCUT2D eigenvalue weighted by Crippen LogP contribution is 2.00. The molecule has 0 radical (unpaired) electrons. The van der Waals surface area contributed by atoms with E-state index in [-0.39, 0.29) is 0 Å². The average Bonchev–Trinajstić information content (AvgIpc) is 1.65. The van der Waals surface area contributed by atoms with Gasteiger partial charge in [-0.1, -0.05) is 0 Å². The summed E-state index contributed by atoms with van der Waals surface area (Å²) in [5.41, 5.74) is 0. The highest BCUT2D eigenvalue weighted by molar-refractivity contribution is 6.18. The van der Waals surface area contributed by atoms with Crippen LogP contribution in [0.15, 0.2) is 0 Å². The average molecular weight is 131 g/mol. The van der Waals surface area contributed by atoms with Crippen LogP contribution in [0.5, 0.6) is 0 Å². The van der Waals surface area contributed by atoms with Crippen LogP contribution in [0.25, 0.3) is 0 Å². The third-order valence-electron chi connectivity index (χ3n) is 0.449. The second kappa shape index (κ2) is 3.16. The van der Waals surface area contributed by atoms with Gasteiger partial charge in [-0.05, 0) is 0 Å². The molecule has 0 fully saturated rings. The number of aliphatic hydroxyl groups is 1. The van der Waals surface area contributed by atoms with Gasteiger partial charge in [0.1, 0.15) is 6.10 Å². The molecule has 4 heteroatoms. The summed E-state index contributed by atoms with van der Waals surface area (Å²) in [6, 6.07) is 0. The van der Waals surface area contributed by atoms with Crippen LogP contribution in [0.4, 0.5) is 8.78 Å². The summed E-state index contributed by atoms with van der Waals surface area (Å²) in [6.45, 7) is 0. The fourth-order valence-electron chi connectivity index (χ4n) is 0.0673. The van der Waals surface area contributed by atoms with E-state index in [1.807, 2.05) is 0 Å². The Kier molecular flexibility index (Phi) is 3.21. The maximum atomic E-state index is 11.1. The molecule has 0 spiro atoms. The van der Waals surface area contributed by atoms with Gasteiger partial charge in [0.15, 0.2) is 0 Å². The maximum absolute atomic E-state index is 11.1. The first-order valence-corrected chi connectivity index (χ1v) is 2.24. The zero-order valence-electron chi connectivity index (χ0n) is 3.44. The second-order valence-corrected chi connectivity index (χ2v) is 1.36. The largest absolute Gasteiger partial charge is 0.386 e. The van der Waals surface area contributed by atoms with E-state index in [1.165, 1.54) is 0 Å². The van der Waals surface area contributed by atoms with Gasteiger partial charge in [-0.2, -0.15) is 0 Å². The van der Waals surface area contributed by atoms with Crippen molar-refractivity contribution < 1.29 is 13.9 Å². The molecule has 44 valence electrons. The summed E-state index contributed by atoms with van der Waals surface area (Å²) in [5, 5.41) is 8.05. The molecule has 0 amide bonds. The summed E-state index contributed by atoms with van der Waals surface area (Å²) < 4.78 is 22.2. The van der Waals surface area contributed by atoms with Gasteiger partial charge in [-0.15, -0.1) is 11.6 Å². The number of rotatable bonds is 2. The molecular weight excluding hydrogens is 125 g/mol. The molecule has 0 heterocycles. The molecule has 0 rings (SSSR count). The van der Waals surface area contributed by atoms with Crippen LogP contribution in [0.3, 0.4) is 0 Å². The molecule has 0 aromatic heterocycles. The van der Waals surface area contributed by atoms with Crippen LogP contribution in [-0.4, -0.2) is 23.5 Å². The van der Waals surface area contributed by atoms with Gasteiger partial charge in [0, 0.05) is 0 Å². The highest BCUT2D eigenvalue weighted by atomic mass is 35.5. The van der Waals surface area contributed by atoms with Gasteiger partial charge in [0.2, 0.25) is 0 Å². The molecule has 0 saturated carbocycles. The number of aliphatic hydroxyl groups excluding tert-OH is 1. The molecule has 0 aliphatic heterocycles. The van der Waals surface area contributed by atoms with Crippen LogP contribution >= 0.6 is 11.6 Å². The van der Waals surface area contributed by atoms with E-state index in [0.29, 0.717) is 0 Å². The summed E-state index contributed by atoms with van der Waals surface area (Å²) in [4.78, 5) is 0. The quantitative estimate of drug-likeness (QED) is 0.550. The number of hydrogen-bond donors (Lipinski definition) is 1. The summed E-state index contributed by atoms with van der Waals surface area (Å²) in [6.07, 6.45) is -4.38. The third-order valence-corrected chi connectivity index (χ3v) is 0.765. The van der Waals surface area contributed by atoms with E-state index in [9.17, 15) is 8.78 Å². The Labute approximate surface area is 44.9 Å². The van der Waals surface area contributed by atoms with Crippen molar-refractivity contribution in [1.29, 1.82) is 0 Å². The van der Waals surface area contributed by atoms with Crippen molar-refractivity contribution in [2.24, 2.45) is 0 Å². The van der Waals surface area contributed by atoms with Crippen LogP contribution in [0.2, 0.25) is 0 Å². The number of alkyl halides is 3. The highest BCUT2D eigenvalue weighted by Gasteiger charge is 2.13. The normalized spacial score (nSPS) is 15.0. The lowest BCUT2D eigenvalue weighted by Gasteiger charge is -2.01. The van der Waals surface area contributed by atoms with Gasteiger partial charge in [-0.3, -0.25) is 0 Å². The van der Waals surface area contributed by atoms with E-state index in [4.69, 9.17) is 16.7 Å². The Morgan fingerprint density at radius 1 is 1.57 bits per heavy atom. The molecule has 0 saturated heterocycles. The summed E-state index contributed by atoms with van der Waals surface area (Å²) in [5.74, 6) is -0.405. The van der Waals surface area contributed by atoms with E-state index in [0.717, 1.165) is 0 Å². The van der Waals surface area contributed by atoms with E-state index in [1.54, 1.807) is 0 Å². The predicted molar refractivity (Wildman–Crippen MR) is 22.7 cm³/mol. The molecule has 0 aliphatic rings. The zero-order valence-corrected chi connectivity index (χ0v) is 4.20. The molecular formula is C3H5ClF2O. The SMILES string of the molecule is O[C@H](CCl)C(F)F. The van der Waals surface area contributed by atoms with E-state index >= 15 is 0 Å². The van der Waals surface area contributed by atoms with Crippen molar-refractivity contribution in [3.63, 3.8) is 0 Å². The topological polar surface area (TPSA) is 20.2 Å². The summed E-state index contributed by atoms with van der Waals surface area (Å²) in [7, 11) is 0. The van der Waals surface area contributed by atoms with Gasteiger partial charge in [0.05, 0.1) is 5.88 Å². The fraction of sp³-hybridized carbons (Fsp3) is 1.00. The van der Waals surface area contributed by atoms with Crippen LogP contribution in [-0.2, 0) is 0 Å². The Morgan fingerprint density at radius 3 is 2.00 bits per heavy atom. The lowest BCUT2D eigenvalue weighted by Crippen LogP contribution is -2.18. The predicted octanol–water partition coefficient (Wildman–Crippen LogP) is 0.851. The first-order valence-electron chi connectivity index (χ1n) is 1.70. The molecule has 1 nitrogen and oxygen atoms in total. The Balaban J connectivity index is 3.14. The first-order chi connectivity index (χ1) is 3.18. The molecule has 0 bridgehead atoms. The molecule has 7 heavy (non-hydrogen) atoms. The molecule has 0 unspecified atom stereocenters. The molecule has 1 N–H and O–H groups in total. The van der Waals surface area contributed by atoms with Crippen molar-refractivity contribution in [2.45, 2.75) is 12.5 Å². The van der Waals surface area contributed by atoms with Gasteiger partial charge < -0.3 is 5.11 Å². The minimum Gasteiger partial charge on any atom is -0.386 e.